The lowest BCUT2D eigenvalue weighted by Crippen LogP contribution is -2.32. The molecule has 1 N–H and O–H groups in total. The average molecular weight is 352 g/mol. The quantitative estimate of drug-likeness (QED) is 0.736. The van der Waals surface area contributed by atoms with Gasteiger partial charge in [-0.25, -0.2) is 4.79 Å². The van der Waals surface area contributed by atoms with Gasteiger partial charge in [0.1, 0.15) is 6.54 Å². The molecule has 0 fully saturated rings. The summed E-state index contributed by atoms with van der Waals surface area (Å²) in [6, 6.07) is 15.2. The van der Waals surface area contributed by atoms with Crippen molar-refractivity contribution in [3.05, 3.63) is 70.2 Å². The van der Waals surface area contributed by atoms with Gasteiger partial charge in [-0.1, -0.05) is 50.2 Å². The summed E-state index contributed by atoms with van der Waals surface area (Å²) < 4.78 is 6.51. The van der Waals surface area contributed by atoms with E-state index in [0.717, 1.165) is 12.0 Å². The summed E-state index contributed by atoms with van der Waals surface area (Å²) in [5.41, 5.74) is 3.44. The normalized spacial score (nSPS) is 12.5. The molecule has 2 aromatic carbocycles. The molecule has 1 aromatic heterocycles. The van der Waals surface area contributed by atoms with Gasteiger partial charge >= 0.3 is 5.76 Å². The number of para-hydroxylation sites is 2. The molecular formula is C21H24N2O3. The van der Waals surface area contributed by atoms with E-state index in [4.69, 9.17) is 4.42 Å². The first-order valence-electron chi connectivity index (χ1n) is 8.90. The average Bonchev–Trinajstić information content (AvgIpc) is 2.90. The van der Waals surface area contributed by atoms with Gasteiger partial charge in [0.05, 0.1) is 11.6 Å². The van der Waals surface area contributed by atoms with E-state index in [2.05, 4.69) is 31.3 Å². The van der Waals surface area contributed by atoms with Gasteiger partial charge in [0.25, 0.3) is 0 Å². The molecule has 0 aliphatic heterocycles. The van der Waals surface area contributed by atoms with Gasteiger partial charge in [-0.15, -0.1) is 0 Å². The lowest BCUT2D eigenvalue weighted by Gasteiger charge is -2.15. The first-order valence-corrected chi connectivity index (χ1v) is 8.90. The number of carbonyl (C=O) groups excluding carboxylic acids is 1. The molecule has 0 bridgehead atoms. The van der Waals surface area contributed by atoms with Crippen molar-refractivity contribution in [1.82, 2.24) is 9.88 Å². The van der Waals surface area contributed by atoms with E-state index in [1.54, 1.807) is 18.2 Å². The van der Waals surface area contributed by atoms with Crippen molar-refractivity contribution in [1.29, 1.82) is 0 Å². The number of benzene rings is 2. The topological polar surface area (TPSA) is 64.2 Å². The fourth-order valence-electron chi connectivity index (χ4n) is 3.09. The monoisotopic (exact) mass is 352 g/mol. The molecular weight excluding hydrogens is 328 g/mol. The van der Waals surface area contributed by atoms with E-state index >= 15 is 0 Å². The third kappa shape index (κ3) is 4.04. The zero-order valence-electron chi connectivity index (χ0n) is 15.4. The molecule has 0 saturated carbocycles. The summed E-state index contributed by atoms with van der Waals surface area (Å²) in [6.07, 6.45) is 1.04. The minimum absolute atomic E-state index is 0.0639. The van der Waals surface area contributed by atoms with Gasteiger partial charge in [0.2, 0.25) is 5.91 Å². The van der Waals surface area contributed by atoms with Crippen molar-refractivity contribution in [3.63, 3.8) is 0 Å². The first-order chi connectivity index (χ1) is 12.4. The van der Waals surface area contributed by atoms with Crippen LogP contribution < -0.4 is 11.1 Å². The van der Waals surface area contributed by atoms with Crippen LogP contribution in [0.1, 0.15) is 37.9 Å². The lowest BCUT2D eigenvalue weighted by atomic mass is 10.00. The van der Waals surface area contributed by atoms with Gasteiger partial charge in [-0.05, 0) is 42.5 Å². The maximum absolute atomic E-state index is 12.4. The van der Waals surface area contributed by atoms with Crippen LogP contribution in [0, 0.1) is 5.92 Å². The molecule has 1 heterocycles. The predicted octanol–water partition coefficient (Wildman–Crippen LogP) is 3.67. The van der Waals surface area contributed by atoms with Gasteiger partial charge in [-0.2, -0.15) is 0 Å². The highest BCUT2D eigenvalue weighted by molar-refractivity contribution is 5.79. The van der Waals surface area contributed by atoms with Crippen LogP contribution in [0.25, 0.3) is 11.1 Å². The Balaban J connectivity index is 1.67. The molecule has 0 aliphatic rings. The molecule has 3 aromatic rings. The van der Waals surface area contributed by atoms with Crippen LogP contribution in [0.5, 0.6) is 0 Å². The molecule has 0 radical (unpaired) electrons. The number of nitrogens with one attached hydrogen (secondary N) is 1. The molecule has 5 heteroatoms. The number of rotatable bonds is 6. The molecule has 1 amide bonds. The van der Waals surface area contributed by atoms with E-state index in [1.165, 1.54) is 10.1 Å². The SMILES string of the molecule is CC(C)Cc1ccc(C(C)NC(=O)Cn2c(=O)oc3ccccc32)cc1. The lowest BCUT2D eigenvalue weighted by molar-refractivity contribution is -0.122. The van der Waals surface area contributed by atoms with Crippen LogP contribution in [0.15, 0.2) is 57.7 Å². The largest absolute Gasteiger partial charge is 0.420 e. The Bertz CT molecular complexity index is 951. The highest BCUT2D eigenvalue weighted by atomic mass is 16.4. The standard InChI is InChI=1S/C21H24N2O3/c1-14(2)12-16-8-10-17(11-9-16)15(3)22-20(24)13-23-18-6-4-5-7-19(18)26-21(23)25/h4-11,14-15H,12-13H2,1-3H3,(H,22,24). The molecule has 136 valence electrons. The number of amides is 1. The van der Waals surface area contributed by atoms with Crippen LogP contribution in [-0.2, 0) is 17.8 Å². The minimum atomic E-state index is -0.521. The summed E-state index contributed by atoms with van der Waals surface area (Å²) in [5, 5.41) is 2.95. The maximum atomic E-state index is 12.4. The summed E-state index contributed by atoms with van der Waals surface area (Å²) >= 11 is 0. The van der Waals surface area contributed by atoms with E-state index in [9.17, 15) is 9.59 Å². The highest BCUT2D eigenvalue weighted by Gasteiger charge is 2.14. The second-order valence-electron chi connectivity index (χ2n) is 7.05. The first kappa shape index (κ1) is 18.0. The highest BCUT2D eigenvalue weighted by Crippen LogP contribution is 2.16. The van der Waals surface area contributed by atoms with Gasteiger partial charge in [0, 0.05) is 0 Å². The fraction of sp³-hybridized carbons (Fsp3) is 0.333. The van der Waals surface area contributed by atoms with Crippen LogP contribution in [-0.4, -0.2) is 10.5 Å². The van der Waals surface area contributed by atoms with Crippen LogP contribution in [0.4, 0.5) is 0 Å². The Morgan fingerprint density at radius 1 is 1.08 bits per heavy atom. The Hall–Kier alpha value is -2.82. The predicted molar refractivity (Wildman–Crippen MR) is 102 cm³/mol. The number of fused-ring (bicyclic) bond motifs is 1. The molecule has 0 saturated heterocycles. The Morgan fingerprint density at radius 3 is 2.46 bits per heavy atom. The maximum Gasteiger partial charge on any atom is 0.420 e. The molecule has 5 nitrogen and oxygen atoms in total. The van der Waals surface area contributed by atoms with Crippen LogP contribution in [0.2, 0.25) is 0 Å². The number of hydrogen-bond donors (Lipinski definition) is 1. The van der Waals surface area contributed by atoms with Gasteiger partial charge < -0.3 is 9.73 Å². The summed E-state index contributed by atoms with van der Waals surface area (Å²) in [5.74, 6) is -0.134. The van der Waals surface area contributed by atoms with E-state index < -0.39 is 5.76 Å². The zero-order valence-corrected chi connectivity index (χ0v) is 15.4. The third-order valence-corrected chi connectivity index (χ3v) is 4.38. The van der Waals surface area contributed by atoms with Gasteiger partial charge in [-0.3, -0.25) is 9.36 Å². The van der Waals surface area contributed by atoms with Crippen molar-refractivity contribution >= 4 is 17.0 Å². The Labute approximate surface area is 152 Å². The van der Waals surface area contributed by atoms with Crippen molar-refractivity contribution in [2.45, 2.75) is 39.8 Å². The van der Waals surface area contributed by atoms with Crippen molar-refractivity contribution in [2.24, 2.45) is 5.92 Å². The molecule has 3 rings (SSSR count). The molecule has 26 heavy (non-hydrogen) atoms. The minimum Gasteiger partial charge on any atom is -0.408 e. The van der Waals surface area contributed by atoms with Crippen molar-refractivity contribution < 1.29 is 9.21 Å². The Morgan fingerprint density at radius 2 is 1.77 bits per heavy atom. The van der Waals surface area contributed by atoms with E-state index in [0.29, 0.717) is 17.0 Å². The molecule has 0 aliphatic carbocycles. The zero-order chi connectivity index (χ0) is 18.7. The van der Waals surface area contributed by atoms with E-state index in [1.807, 2.05) is 25.1 Å². The summed E-state index contributed by atoms with van der Waals surface area (Å²) in [4.78, 5) is 24.4. The molecule has 0 spiro atoms. The fourth-order valence-corrected chi connectivity index (χ4v) is 3.09. The number of oxazole rings is 1. The molecule has 1 unspecified atom stereocenters. The number of hydrogen-bond acceptors (Lipinski definition) is 3. The second kappa shape index (κ2) is 7.60. The Kier molecular flexibility index (Phi) is 5.26. The number of nitrogens with zero attached hydrogens (tertiary/aromatic N) is 1. The summed E-state index contributed by atoms with van der Waals surface area (Å²) in [6.45, 7) is 6.26. The third-order valence-electron chi connectivity index (χ3n) is 4.38. The smallest absolute Gasteiger partial charge is 0.408 e. The van der Waals surface area contributed by atoms with Crippen molar-refractivity contribution in [3.8, 4) is 0 Å². The van der Waals surface area contributed by atoms with E-state index in [-0.39, 0.29) is 18.5 Å². The van der Waals surface area contributed by atoms with Crippen LogP contribution in [0.3, 0.4) is 0 Å². The number of carbonyl (C=O) groups is 1. The summed E-state index contributed by atoms with van der Waals surface area (Å²) in [7, 11) is 0. The second-order valence-corrected chi connectivity index (χ2v) is 7.05. The number of aromatic nitrogens is 1. The van der Waals surface area contributed by atoms with Crippen LogP contribution >= 0.6 is 0 Å². The van der Waals surface area contributed by atoms with Crippen molar-refractivity contribution in [2.75, 3.05) is 0 Å². The molecule has 1 atom stereocenters. The van der Waals surface area contributed by atoms with Gasteiger partial charge in [0.15, 0.2) is 5.58 Å².